The van der Waals surface area contributed by atoms with Crippen LogP contribution < -0.4 is 4.74 Å². The van der Waals surface area contributed by atoms with Gasteiger partial charge in [0.15, 0.2) is 0 Å². The van der Waals surface area contributed by atoms with Crippen LogP contribution in [0.1, 0.15) is 101 Å². The molecule has 2 aromatic rings. The van der Waals surface area contributed by atoms with E-state index in [1.165, 1.54) is 65.8 Å². The van der Waals surface area contributed by atoms with Crippen LogP contribution in [0.15, 0.2) is 36.2 Å². The van der Waals surface area contributed by atoms with Crippen molar-refractivity contribution in [3.8, 4) is 5.75 Å². The predicted octanol–water partition coefficient (Wildman–Crippen LogP) is 8.08. The maximum absolute atomic E-state index is 5.65. The molecule has 1 aromatic carbocycles. The second-order valence-electron chi connectivity index (χ2n) is 10.5. The first-order chi connectivity index (χ1) is 16.9. The Balaban J connectivity index is 1.87. The van der Waals surface area contributed by atoms with Gasteiger partial charge in [-0.1, -0.05) is 38.7 Å². The molecule has 0 radical (unpaired) electrons. The van der Waals surface area contributed by atoms with Crippen LogP contribution in [0.4, 0.5) is 0 Å². The lowest BCUT2D eigenvalue weighted by Gasteiger charge is -2.30. The van der Waals surface area contributed by atoms with Crippen molar-refractivity contribution in [1.29, 1.82) is 0 Å². The third-order valence-corrected chi connectivity index (χ3v) is 7.64. The first kappa shape index (κ1) is 25.3. The summed E-state index contributed by atoms with van der Waals surface area (Å²) < 4.78 is 7.98. The van der Waals surface area contributed by atoms with Gasteiger partial charge in [0.25, 0.3) is 0 Å². The number of likely N-dealkylation sites (N-methyl/N-ethyl adjacent to an activating group) is 1. The standard InChI is InChI=1S/C31H43N3O/c1-7-8-10-15-29-31(34(21-32-29)22(2)3)26-18-25-19-27(35-6)16-17-28(25)30(33(5)20-26)23(4)24-13-11-9-12-14-24/h10,15-19,21-22,24H,7-9,11-14,20H2,1-6H3. The lowest BCUT2D eigenvalue weighted by Crippen LogP contribution is -2.22. The number of imidazole rings is 1. The number of methoxy groups -OCH3 is 1. The average molecular weight is 474 g/mol. The van der Waals surface area contributed by atoms with E-state index in [1.54, 1.807) is 7.11 Å². The quantitative estimate of drug-likeness (QED) is 0.407. The molecule has 0 spiro atoms. The van der Waals surface area contributed by atoms with Crippen molar-refractivity contribution in [2.75, 3.05) is 20.7 Å². The lowest BCUT2D eigenvalue weighted by molar-refractivity contribution is 0.397. The summed E-state index contributed by atoms with van der Waals surface area (Å²) in [4.78, 5) is 7.31. The molecule has 0 bridgehead atoms. The number of hydrogen-bond acceptors (Lipinski definition) is 3. The summed E-state index contributed by atoms with van der Waals surface area (Å²) in [7, 11) is 4.02. The zero-order valence-electron chi connectivity index (χ0n) is 22.6. The van der Waals surface area contributed by atoms with E-state index in [4.69, 9.17) is 9.72 Å². The van der Waals surface area contributed by atoms with E-state index in [0.29, 0.717) is 12.0 Å². The first-order valence-corrected chi connectivity index (χ1v) is 13.5. The second-order valence-corrected chi connectivity index (χ2v) is 10.5. The first-order valence-electron chi connectivity index (χ1n) is 13.5. The minimum Gasteiger partial charge on any atom is -0.497 e. The SMILES string of the molecule is CCCC=Cc1ncn(C(C)C)c1C1=Cc2cc(OC)ccc2C(=C(C)C2CCCCC2)N(C)C1. The van der Waals surface area contributed by atoms with Crippen LogP contribution in [0.3, 0.4) is 0 Å². The van der Waals surface area contributed by atoms with Gasteiger partial charge in [0, 0.05) is 30.9 Å². The van der Waals surface area contributed by atoms with Crippen LogP contribution in [-0.4, -0.2) is 35.2 Å². The molecule has 1 saturated carbocycles. The second kappa shape index (κ2) is 11.3. The van der Waals surface area contributed by atoms with Crippen LogP contribution in [0.25, 0.3) is 23.4 Å². The Bertz CT molecular complexity index is 1110. The summed E-state index contributed by atoms with van der Waals surface area (Å²) >= 11 is 0. The van der Waals surface area contributed by atoms with Gasteiger partial charge in [0.1, 0.15) is 5.75 Å². The highest BCUT2D eigenvalue weighted by molar-refractivity contribution is 5.91. The van der Waals surface area contributed by atoms with Crippen molar-refractivity contribution < 1.29 is 4.74 Å². The van der Waals surface area contributed by atoms with E-state index < -0.39 is 0 Å². The van der Waals surface area contributed by atoms with Crippen molar-refractivity contribution >= 4 is 23.4 Å². The van der Waals surface area contributed by atoms with Crippen LogP contribution in [-0.2, 0) is 0 Å². The van der Waals surface area contributed by atoms with Crippen molar-refractivity contribution in [3.05, 3.63) is 58.7 Å². The van der Waals surface area contributed by atoms with E-state index in [1.807, 2.05) is 6.33 Å². The summed E-state index contributed by atoms with van der Waals surface area (Å²) in [5.41, 5.74) is 9.06. The van der Waals surface area contributed by atoms with Crippen molar-refractivity contribution in [2.45, 2.75) is 78.7 Å². The molecule has 0 unspecified atom stereocenters. The van der Waals surface area contributed by atoms with E-state index in [0.717, 1.165) is 30.8 Å². The Kier molecular flexibility index (Phi) is 8.20. The Morgan fingerprint density at radius 1 is 1.20 bits per heavy atom. The number of aromatic nitrogens is 2. The molecule has 0 amide bonds. The van der Waals surface area contributed by atoms with Gasteiger partial charge in [-0.15, -0.1) is 0 Å². The zero-order valence-corrected chi connectivity index (χ0v) is 22.6. The molecule has 1 aromatic heterocycles. The Morgan fingerprint density at radius 3 is 2.66 bits per heavy atom. The molecular weight excluding hydrogens is 430 g/mol. The fourth-order valence-electron chi connectivity index (χ4n) is 5.74. The van der Waals surface area contributed by atoms with Gasteiger partial charge in [-0.05, 0) is 93.0 Å². The Hall–Kier alpha value is -2.75. The number of allylic oxidation sites excluding steroid dienone is 2. The molecule has 4 rings (SSSR count). The molecule has 4 nitrogen and oxygen atoms in total. The van der Waals surface area contributed by atoms with Crippen LogP contribution in [0, 0.1) is 5.92 Å². The normalized spacial score (nSPS) is 18.6. The summed E-state index contributed by atoms with van der Waals surface area (Å²) in [6.45, 7) is 9.91. The maximum atomic E-state index is 5.65. The molecule has 1 aliphatic carbocycles. The molecule has 0 atom stereocenters. The van der Waals surface area contributed by atoms with Gasteiger partial charge in [-0.25, -0.2) is 4.98 Å². The summed E-state index contributed by atoms with van der Waals surface area (Å²) in [5, 5.41) is 0. The largest absolute Gasteiger partial charge is 0.497 e. The lowest BCUT2D eigenvalue weighted by atomic mass is 9.82. The Morgan fingerprint density at radius 2 is 1.97 bits per heavy atom. The molecule has 2 heterocycles. The maximum Gasteiger partial charge on any atom is 0.119 e. The third-order valence-electron chi connectivity index (χ3n) is 7.64. The number of ether oxygens (including phenoxy) is 1. The summed E-state index contributed by atoms with van der Waals surface area (Å²) in [6, 6.07) is 6.90. The van der Waals surface area contributed by atoms with E-state index in [2.05, 4.69) is 80.6 Å². The van der Waals surface area contributed by atoms with Gasteiger partial charge in [0.2, 0.25) is 0 Å². The summed E-state index contributed by atoms with van der Waals surface area (Å²) in [6.07, 6.45) is 17.7. The van der Waals surface area contributed by atoms with Crippen LogP contribution in [0.5, 0.6) is 5.75 Å². The fraction of sp³-hybridized carbons (Fsp3) is 0.516. The predicted molar refractivity (Wildman–Crippen MR) is 149 cm³/mol. The third kappa shape index (κ3) is 5.42. The van der Waals surface area contributed by atoms with Gasteiger partial charge < -0.3 is 14.2 Å². The highest BCUT2D eigenvalue weighted by Crippen LogP contribution is 2.40. The number of unbranched alkanes of at least 4 members (excludes halogenated alkanes) is 1. The molecule has 1 aliphatic heterocycles. The summed E-state index contributed by atoms with van der Waals surface area (Å²) in [5.74, 6) is 1.57. The number of hydrogen-bond donors (Lipinski definition) is 0. The van der Waals surface area contributed by atoms with Gasteiger partial charge >= 0.3 is 0 Å². The van der Waals surface area contributed by atoms with Gasteiger partial charge in [-0.3, -0.25) is 0 Å². The molecule has 188 valence electrons. The fourth-order valence-corrected chi connectivity index (χ4v) is 5.74. The zero-order chi connectivity index (χ0) is 24.9. The minimum atomic E-state index is 0.337. The van der Waals surface area contributed by atoms with Gasteiger partial charge in [-0.2, -0.15) is 0 Å². The molecule has 4 heteroatoms. The highest BCUT2D eigenvalue weighted by Gasteiger charge is 2.27. The molecular formula is C31H43N3O. The molecule has 2 aliphatic rings. The minimum absolute atomic E-state index is 0.337. The highest BCUT2D eigenvalue weighted by atomic mass is 16.5. The van der Waals surface area contributed by atoms with E-state index >= 15 is 0 Å². The number of rotatable bonds is 7. The molecule has 0 N–H and O–H groups in total. The van der Waals surface area contributed by atoms with Crippen LogP contribution >= 0.6 is 0 Å². The number of nitrogens with zero attached hydrogens (tertiary/aromatic N) is 3. The topological polar surface area (TPSA) is 30.3 Å². The monoisotopic (exact) mass is 473 g/mol. The van der Waals surface area contributed by atoms with Crippen molar-refractivity contribution in [3.63, 3.8) is 0 Å². The number of benzene rings is 1. The van der Waals surface area contributed by atoms with Crippen LogP contribution in [0.2, 0.25) is 0 Å². The smallest absolute Gasteiger partial charge is 0.119 e. The van der Waals surface area contributed by atoms with Gasteiger partial charge in [0.05, 0.1) is 24.8 Å². The van der Waals surface area contributed by atoms with Crippen molar-refractivity contribution in [1.82, 2.24) is 14.5 Å². The number of fused-ring (bicyclic) bond motifs is 1. The molecule has 0 saturated heterocycles. The van der Waals surface area contributed by atoms with E-state index in [9.17, 15) is 0 Å². The van der Waals surface area contributed by atoms with Crippen molar-refractivity contribution in [2.24, 2.45) is 5.92 Å². The average Bonchev–Trinajstić information content (AvgIpc) is 3.23. The molecule has 1 fully saturated rings. The molecule has 35 heavy (non-hydrogen) atoms. The van der Waals surface area contributed by atoms with E-state index in [-0.39, 0.29) is 0 Å². The Labute approximate surface area is 212 Å².